The van der Waals surface area contributed by atoms with Crippen LogP contribution in [0, 0.1) is 5.92 Å². The highest BCUT2D eigenvalue weighted by molar-refractivity contribution is 6.28. The van der Waals surface area contributed by atoms with Crippen LogP contribution in [0.15, 0.2) is 77.9 Å². The molecular formula is C26H25F2N3O3. The van der Waals surface area contributed by atoms with E-state index in [0.29, 0.717) is 17.1 Å². The van der Waals surface area contributed by atoms with Crippen LogP contribution in [0.25, 0.3) is 11.1 Å². The Morgan fingerprint density at radius 3 is 2.50 bits per heavy atom. The van der Waals surface area contributed by atoms with Crippen molar-refractivity contribution in [3.63, 3.8) is 0 Å². The van der Waals surface area contributed by atoms with Crippen molar-refractivity contribution < 1.29 is 24.5 Å². The van der Waals surface area contributed by atoms with Gasteiger partial charge in [0.05, 0.1) is 18.5 Å². The third-order valence-corrected chi connectivity index (χ3v) is 5.54. The van der Waals surface area contributed by atoms with Crippen LogP contribution in [0.1, 0.15) is 20.8 Å². The molecule has 0 fully saturated rings. The third kappa shape index (κ3) is 4.52. The van der Waals surface area contributed by atoms with E-state index in [1.165, 1.54) is 29.3 Å². The van der Waals surface area contributed by atoms with Gasteiger partial charge in [0.1, 0.15) is 5.75 Å². The number of rotatable bonds is 6. The molecule has 4 rings (SSSR count). The number of ether oxygens (including phenoxy) is 1. The second-order valence-electron chi connectivity index (χ2n) is 8.03. The summed E-state index contributed by atoms with van der Waals surface area (Å²) in [6.45, 7) is 2.36. The van der Waals surface area contributed by atoms with E-state index in [4.69, 9.17) is 4.74 Å². The highest BCUT2D eigenvalue weighted by Crippen LogP contribution is 2.35. The first-order valence-electron chi connectivity index (χ1n) is 10.6. The summed E-state index contributed by atoms with van der Waals surface area (Å²) in [6, 6.07) is 20.1. The molecule has 0 aliphatic carbocycles. The van der Waals surface area contributed by atoms with Crippen LogP contribution in [-0.2, 0) is 15.5 Å². The number of nitrogens with one attached hydrogen (secondary N) is 1. The van der Waals surface area contributed by atoms with E-state index in [1.54, 1.807) is 32.2 Å². The molecule has 0 bridgehead atoms. The van der Waals surface area contributed by atoms with Crippen molar-refractivity contribution in [1.82, 2.24) is 0 Å². The first kappa shape index (κ1) is 23.1. The summed E-state index contributed by atoms with van der Waals surface area (Å²) < 4.78 is 32.8. The molecule has 3 aromatic rings. The van der Waals surface area contributed by atoms with Gasteiger partial charge in [0, 0.05) is 25.2 Å². The molecule has 1 unspecified atom stereocenters. The Kier molecular flexibility index (Phi) is 6.15. The van der Waals surface area contributed by atoms with Gasteiger partial charge in [-0.1, -0.05) is 42.5 Å². The molecule has 1 atom stereocenters. The number of benzene rings is 3. The average Bonchev–Trinajstić information content (AvgIpc) is 3.12. The Morgan fingerprint density at radius 2 is 1.82 bits per heavy atom. The fraction of sp³-hybridized carbons (Fsp3) is 0.192. The van der Waals surface area contributed by atoms with Gasteiger partial charge < -0.3 is 10.1 Å². The zero-order chi connectivity index (χ0) is 24.5. The fourth-order valence-corrected chi connectivity index (χ4v) is 3.81. The Hall–Kier alpha value is -4.07. The number of hydrogen-bond donors (Lipinski definition) is 1. The van der Waals surface area contributed by atoms with E-state index in [1.807, 2.05) is 30.3 Å². The van der Waals surface area contributed by atoms with Gasteiger partial charge in [-0.3, -0.25) is 9.59 Å². The lowest BCUT2D eigenvalue weighted by Gasteiger charge is -2.17. The molecule has 0 aromatic heterocycles. The summed E-state index contributed by atoms with van der Waals surface area (Å²) in [4.78, 5) is 26.1. The molecule has 0 saturated heterocycles. The second kappa shape index (κ2) is 9.05. The van der Waals surface area contributed by atoms with Gasteiger partial charge in [0.2, 0.25) is 5.91 Å². The molecule has 176 valence electrons. The van der Waals surface area contributed by atoms with Crippen molar-refractivity contribution >= 4 is 28.9 Å². The zero-order valence-electron chi connectivity index (χ0n) is 18.9. The smallest absolute Gasteiger partial charge is 0.270 e. The number of methoxy groups -OCH3 is 1. The molecule has 0 radical (unpaired) electrons. The molecule has 1 heterocycles. The van der Waals surface area contributed by atoms with Gasteiger partial charge in [-0.05, 0) is 42.8 Å². The van der Waals surface area contributed by atoms with E-state index in [0.717, 1.165) is 18.1 Å². The number of amides is 2. The number of carbonyl (C=O) groups is 2. The highest BCUT2D eigenvalue weighted by atomic mass is 19.3. The molecule has 0 spiro atoms. The van der Waals surface area contributed by atoms with Crippen LogP contribution >= 0.6 is 0 Å². The maximum atomic E-state index is 13.6. The predicted octanol–water partition coefficient (Wildman–Crippen LogP) is 5.70. The molecule has 1 N–H and O–H groups in total. The van der Waals surface area contributed by atoms with Crippen molar-refractivity contribution in [1.29, 1.82) is 0 Å². The highest BCUT2D eigenvalue weighted by Gasteiger charge is 2.40. The summed E-state index contributed by atoms with van der Waals surface area (Å²) in [7, 11) is 1.56. The van der Waals surface area contributed by atoms with Gasteiger partial charge >= 0.3 is 0 Å². The minimum atomic E-state index is -3.05. The van der Waals surface area contributed by atoms with Gasteiger partial charge in [-0.25, -0.2) is 8.78 Å². The molecule has 1 aliphatic rings. The Bertz CT molecular complexity index is 1280. The second-order valence-corrected chi connectivity index (χ2v) is 8.03. The summed E-state index contributed by atoms with van der Waals surface area (Å²) in [5.41, 5.74) is 2.39. The summed E-state index contributed by atoms with van der Waals surface area (Å²) >= 11 is 0. The van der Waals surface area contributed by atoms with Crippen molar-refractivity contribution in [3.8, 4) is 16.9 Å². The molecule has 1 aliphatic heterocycles. The fourth-order valence-electron chi connectivity index (χ4n) is 3.81. The Morgan fingerprint density at radius 1 is 1.09 bits per heavy atom. The predicted molar refractivity (Wildman–Crippen MR) is 129 cm³/mol. The Balaban J connectivity index is 0.00000342. The van der Waals surface area contributed by atoms with E-state index in [9.17, 15) is 18.4 Å². The van der Waals surface area contributed by atoms with Gasteiger partial charge in [-0.2, -0.15) is 10.1 Å². The first-order chi connectivity index (χ1) is 16.2. The number of carbonyl (C=O) groups excluding carboxylic acids is 2. The number of hydrogen-bond acceptors (Lipinski definition) is 4. The molecule has 6 nitrogen and oxygen atoms in total. The standard InChI is InChI=1S/C26H23F2N3O3.H2/c1-16-23(24(32)29-19-11-7-10-18(14-19)26(2,27)28)25(33)31(30-16)20-12-13-22(34-3)21(15-20)17-8-5-4-6-9-17;/h4-15,23H,1-3H3,(H,29,32);1H. The van der Waals surface area contributed by atoms with Gasteiger partial charge in [-0.15, -0.1) is 0 Å². The molecule has 0 saturated carbocycles. The van der Waals surface area contributed by atoms with Crippen LogP contribution < -0.4 is 15.1 Å². The summed E-state index contributed by atoms with van der Waals surface area (Å²) in [5.74, 6) is -4.77. The normalized spacial score (nSPS) is 15.8. The van der Waals surface area contributed by atoms with Crippen molar-refractivity contribution in [2.45, 2.75) is 19.8 Å². The molecule has 8 heteroatoms. The number of nitrogens with zero attached hydrogens (tertiary/aromatic N) is 2. The van der Waals surface area contributed by atoms with Crippen molar-refractivity contribution in [3.05, 3.63) is 78.4 Å². The Labute approximate surface area is 197 Å². The maximum absolute atomic E-state index is 13.6. The number of alkyl halides is 2. The quantitative estimate of drug-likeness (QED) is 0.475. The monoisotopic (exact) mass is 465 g/mol. The van der Waals surface area contributed by atoms with Gasteiger partial charge in [0.25, 0.3) is 11.8 Å². The average molecular weight is 466 g/mol. The van der Waals surface area contributed by atoms with Crippen LogP contribution in [0.2, 0.25) is 0 Å². The van der Waals surface area contributed by atoms with Crippen LogP contribution in [-0.4, -0.2) is 24.6 Å². The minimum absolute atomic E-state index is 0. The maximum Gasteiger partial charge on any atom is 0.270 e. The van der Waals surface area contributed by atoms with Crippen molar-refractivity contribution in [2.75, 3.05) is 17.4 Å². The third-order valence-electron chi connectivity index (χ3n) is 5.54. The molecule has 3 aromatic carbocycles. The van der Waals surface area contributed by atoms with Gasteiger partial charge in [0.15, 0.2) is 5.92 Å². The summed E-state index contributed by atoms with van der Waals surface area (Å²) in [5, 5.41) is 8.06. The summed E-state index contributed by atoms with van der Waals surface area (Å²) in [6.07, 6.45) is 0. The number of hydrazone groups is 1. The SMILES string of the molecule is COc1ccc(N2N=C(C)C(C(=O)Nc3cccc(C(C)(F)F)c3)C2=O)cc1-c1ccccc1.[HH]. The molecule has 34 heavy (non-hydrogen) atoms. The lowest BCUT2D eigenvalue weighted by atomic mass is 10.0. The lowest BCUT2D eigenvalue weighted by molar-refractivity contribution is -0.127. The van der Waals surface area contributed by atoms with E-state index in [2.05, 4.69) is 10.4 Å². The lowest BCUT2D eigenvalue weighted by Crippen LogP contribution is -2.36. The van der Waals surface area contributed by atoms with Crippen molar-refractivity contribution in [2.24, 2.45) is 11.0 Å². The topological polar surface area (TPSA) is 71.0 Å². The van der Waals surface area contributed by atoms with Crippen LogP contribution in [0.5, 0.6) is 5.75 Å². The van der Waals surface area contributed by atoms with E-state index in [-0.39, 0.29) is 12.7 Å². The zero-order valence-corrected chi connectivity index (χ0v) is 18.9. The largest absolute Gasteiger partial charge is 0.496 e. The van der Waals surface area contributed by atoms with E-state index < -0.39 is 23.7 Å². The van der Waals surface area contributed by atoms with Crippen LogP contribution in [0.3, 0.4) is 0 Å². The number of halogens is 2. The molecular weight excluding hydrogens is 440 g/mol. The molecule has 2 amide bonds. The van der Waals surface area contributed by atoms with Crippen LogP contribution in [0.4, 0.5) is 20.2 Å². The van der Waals surface area contributed by atoms with E-state index >= 15 is 0 Å². The minimum Gasteiger partial charge on any atom is -0.496 e. The first-order valence-corrected chi connectivity index (χ1v) is 10.6. The number of anilines is 2.